The molecule has 0 aliphatic carbocycles. The number of carboxylic acids is 1. The van der Waals surface area contributed by atoms with Crippen molar-refractivity contribution in [2.75, 3.05) is 6.61 Å². The average molecular weight is 382 g/mol. The number of halogens is 2. The number of rotatable bonds is 6. The third-order valence-electron chi connectivity index (χ3n) is 4.77. The summed E-state index contributed by atoms with van der Waals surface area (Å²) in [6.45, 7) is 6.86. The van der Waals surface area contributed by atoms with Crippen LogP contribution >= 0.6 is 23.2 Å². The number of carboxylic acid groups (broad SMARTS) is 1. The summed E-state index contributed by atoms with van der Waals surface area (Å²) >= 11 is 13.0. The van der Waals surface area contributed by atoms with E-state index in [0.29, 0.717) is 36.0 Å². The summed E-state index contributed by atoms with van der Waals surface area (Å²) in [5, 5.41) is 11.6. The molecule has 1 atom stereocenters. The van der Waals surface area contributed by atoms with Gasteiger partial charge in [0.25, 0.3) is 0 Å². The van der Waals surface area contributed by atoms with Crippen LogP contribution in [-0.2, 0) is 28.1 Å². The van der Waals surface area contributed by atoms with E-state index < -0.39 is 11.6 Å². The van der Waals surface area contributed by atoms with Gasteiger partial charge in [-0.2, -0.15) is 0 Å². The number of aromatic nitrogens is 1. The van der Waals surface area contributed by atoms with E-state index in [9.17, 15) is 9.90 Å². The van der Waals surface area contributed by atoms with Crippen LogP contribution in [0.2, 0.25) is 10.0 Å². The molecule has 0 radical (unpaired) electrons. The predicted octanol–water partition coefficient (Wildman–Crippen LogP) is 5.18. The summed E-state index contributed by atoms with van der Waals surface area (Å²) in [7, 11) is 0. The van der Waals surface area contributed by atoms with Crippen molar-refractivity contribution in [3.05, 3.63) is 46.1 Å². The number of ether oxygens (including phenoxy) is 1. The molecule has 3 rings (SSSR count). The molecule has 0 fully saturated rings. The second kappa shape index (κ2) is 7.02. The molecule has 134 valence electrons. The first-order chi connectivity index (χ1) is 11.9. The van der Waals surface area contributed by atoms with Gasteiger partial charge in [-0.25, -0.2) is 0 Å². The average Bonchev–Trinajstić information content (AvgIpc) is 2.88. The van der Waals surface area contributed by atoms with E-state index >= 15 is 0 Å². The molecule has 2 heterocycles. The third-order valence-corrected chi connectivity index (χ3v) is 5.39. The zero-order valence-corrected chi connectivity index (χ0v) is 15.7. The van der Waals surface area contributed by atoms with Gasteiger partial charge in [0.1, 0.15) is 5.60 Å². The van der Waals surface area contributed by atoms with Gasteiger partial charge in [-0.05, 0) is 30.5 Å². The third kappa shape index (κ3) is 2.97. The number of aliphatic carboxylic acids is 1. The van der Waals surface area contributed by atoms with Crippen molar-refractivity contribution in [3.63, 3.8) is 0 Å². The number of benzene rings is 1. The van der Waals surface area contributed by atoms with Gasteiger partial charge in [-0.3, -0.25) is 4.79 Å². The molecule has 1 N–H and O–H groups in total. The standard InChI is InChI=1S/C19H21Cl2NO3/c1-3-8-19(11-15(23)24)18-12(7-10-25-19)16-13(20)5-6-14(21)17(16)22(18)9-4-2/h4-6H,2-3,7-11H2,1H3,(H,23,24). The fourth-order valence-corrected chi connectivity index (χ4v) is 4.57. The number of nitrogens with zero attached hydrogens (tertiary/aromatic N) is 1. The van der Waals surface area contributed by atoms with Crippen LogP contribution in [0, 0.1) is 0 Å². The highest BCUT2D eigenvalue weighted by Crippen LogP contribution is 2.47. The molecule has 1 aromatic carbocycles. The van der Waals surface area contributed by atoms with E-state index in [4.69, 9.17) is 27.9 Å². The Balaban J connectivity index is 2.41. The van der Waals surface area contributed by atoms with Crippen LogP contribution in [0.15, 0.2) is 24.8 Å². The van der Waals surface area contributed by atoms with Gasteiger partial charge >= 0.3 is 5.97 Å². The topological polar surface area (TPSA) is 51.5 Å². The monoisotopic (exact) mass is 381 g/mol. The van der Waals surface area contributed by atoms with E-state index in [-0.39, 0.29) is 6.42 Å². The van der Waals surface area contributed by atoms with Crippen molar-refractivity contribution in [1.82, 2.24) is 4.57 Å². The number of hydrogen-bond donors (Lipinski definition) is 1. The molecule has 6 heteroatoms. The summed E-state index contributed by atoms with van der Waals surface area (Å²) in [6, 6.07) is 3.57. The minimum Gasteiger partial charge on any atom is -0.481 e. The van der Waals surface area contributed by atoms with Gasteiger partial charge in [-0.15, -0.1) is 6.58 Å². The molecule has 1 aliphatic heterocycles. The van der Waals surface area contributed by atoms with Crippen LogP contribution in [0.1, 0.15) is 37.4 Å². The lowest BCUT2D eigenvalue weighted by atomic mass is 9.84. The molecule has 4 nitrogen and oxygen atoms in total. The van der Waals surface area contributed by atoms with Crippen molar-refractivity contribution in [1.29, 1.82) is 0 Å². The van der Waals surface area contributed by atoms with Gasteiger partial charge < -0.3 is 14.4 Å². The number of allylic oxidation sites excluding steroid dienone is 1. The Kier molecular flexibility index (Phi) is 5.14. The van der Waals surface area contributed by atoms with Crippen LogP contribution in [0.25, 0.3) is 10.9 Å². The maximum Gasteiger partial charge on any atom is 0.306 e. The van der Waals surface area contributed by atoms with Crippen LogP contribution in [-0.4, -0.2) is 22.2 Å². The highest BCUT2D eigenvalue weighted by atomic mass is 35.5. The predicted molar refractivity (Wildman–Crippen MR) is 101 cm³/mol. The quantitative estimate of drug-likeness (QED) is 0.701. The fourth-order valence-electron chi connectivity index (χ4n) is 4.04. The van der Waals surface area contributed by atoms with Crippen molar-refractivity contribution >= 4 is 40.1 Å². The van der Waals surface area contributed by atoms with Gasteiger partial charge in [0.15, 0.2) is 0 Å². The molecule has 0 saturated heterocycles. The minimum atomic E-state index is -0.881. The first-order valence-electron chi connectivity index (χ1n) is 8.41. The van der Waals surface area contributed by atoms with E-state index in [2.05, 4.69) is 6.58 Å². The molecule has 0 amide bonds. The smallest absolute Gasteiger partial charge is 0.306 e. The van der Waals surface area contributed by atoms with Crippen molar-refractivity contribution in [3.8, 4) is 0 Å². The van der Waals surface area contributed by atoms with Gasteiger partial charge in [-0.1, -0.05) is 42.6 Å². The van der Waals surface area contributed by atoms with E-state index in [1.165, 1.54) is 0 Å². The van der Waals surface area contributed by atoms with Crippen LogP contribution < -0.4 is 0 Å². The molecule has 1 aromatic heterocycles. The Morgan fingerprint density at radius 2 is 2.16 bits per heavy atom. The zero-order chi connectivity index (χ0) is 18.2. The Morgan fingerprint density at radius 1 is 1.44 bits per heavy atom. The Hall–Kier alpha value is -1.49. The van der Waals surface area contributed by atoms with E-state index in [1.54, 1.807) is 18.2 Å². The number of hydrogen-bond acceptors (Lipinski definition) is 2. The lowest BCUT2D eigenvalue weighted by molar-refractivity contribution is -0.149. The van der Waals surface area contributed by atoms with Crippen LogP contribution in [0.5, 0.6) is 0 Å². The van der Waals surface area contributed by atoms with Gasteiger partial charge in [0.05, 0.1) is 34.3 Å². The molecular formula is C19H21Cl2NO3. The fraction of sp³-hybridized carbons (Fsp3) is 0.421. The van der Waals surface area contributed by atoms with Gasteiger partial charge in [0.2, 0.25) is 0 Å². The molecular weight excluding hydrogens is 361 g/mol. The van der Waals surface area contributed by atoms with E-state index in [1.807, 2.05) is 11.5 Å². The van der Waals surface area contributed by atoms with Crippen LogP contribution in [0.3, 0.4) is 0 Å². The minimum absolute atomic E-state index is 0.0868. The Bertz CT molecular complexity index is 843. The summed E-state index contributed by atoms with van der Waals surface area (Å²) in [6.07, 6.45) is 3.81. The maximum absolute atomic E-state index is 11.6. The highest BCUT2D eigenvalue weighted by molar-refractivity contribution is 6.40. The number of fused-ring (bicyclic) bond motifs is 3. The van der Waals surface area contributed by atoms with Crippen molar-refractivity contribution in [2.24, 2.45) is 0 Å². The lowest BCUT2D eigenvalue weighted by Crippen LogP contribution is -2.39. The molecule has 1 aliphatic rings. The molecule has 0 bridgehead atoms. The zero-order valence-electron chi connectivity index (χ0n) is 14.1. The highest BCUT2D eigenvalue weighted by Gasteiger charge is 2.43. The molecule has 1 unspecified atom stereocenters. The summed E-state index contributed by atoms with van der Waals surface area (Å²) in [4.78, 5) is 11.6. The van der Waals surface area contributed by atoms with Crippen molar-refractivity contribution < 1.29 is 14.6 Å². The summed E-state index contributed by atoms with van der Waals surface area (Å²) in [5.74, 6) is -0.881. The molecule has 0 saturated carbocycles. The lowest BCUT2D eigenvalue weighted by Gasteiger charge is -2.38. The Labute approximate surface area is 157 Å². The maximum atomic E-state index is 11.6. The van der Waals surface area contributed by atoms with Crippen LogP contribution in [0.4, 0.5) is 0 Å². The summed E-state index contributed by atoms with van der Waals surface area (Å²) in [5.41, 5.74) is 1.89. The Morgan fingerprint density at radius 3 is 2.80 bits per heavy atom. The SMILES string of the molecule is C=CCn1c2c(c3c(Cl)ccc(Cl)c31)CCOC2(CCC)CC(=O)O. The van der Waals surface area contributed by atoms with Crippen molar-refractivity contribution in [2.45, 2.75) is 44.8 Å². The molecule has 25 heavy (non-hydrogen) atoms. The largest absolute Gasteiger partial charge is 0.481 e. The molecule has 2 aromatic rings. The van der Waals surface area contributed by atoms with E-state index in [0.717, 1.165) is 28.6 Å². The second-order valence-electron chi connectivity index (χ2n) is 6.39. The first-order valence-corrected chi connectivity index (χ1v) is 9.17. The first kappa shape index (κ1) is 18.3. The normalized spacial score (nSPS) is 19.8. The second-order valence-corrected chi connectivity index (χ2v) is 7.21. The number of carbonyl (C=O) groups is 1. The summed E-state index contributed by atoms with van der Waals surface area (Å²) < 4.78 is 8.15. The molecule has 0 spiro atoms. The van der Waals surface area contributed by atoms with Gasteiger partial charge in [0, 0.05) is 11.9 Å².